The molecule has 0 atom stereocenters. The molecule has 114 valence electrons. The average molecular weight is 314 g/mol. The minimum atomic E-state index is 0.127. The van der Waals surface area contributed by atoms with Gasteiger partial charge >= 0.3 is 0 Å². The molecule has 0 unspecified atom stereocenters. The van der Waals surface area contributed by atoms with Crippen LogP contribution in [-0.4, -0.2) is 28.1 Å². The maximum Gasteiger partial charge on any atom is 0.236 e. The minimum Gasteiger partial charge on any atom is -0.444 e. The Labute approximate surface area is 133 Å². The number of hydrogen-bond acceptors (Lipinski definition) is 5. The molecule has 3 rings (SSSR count). The van der Waals surface area contributed by atoms with Gasteiger partial charge in [0, 0.05) is 19.6 Å². The van der Waals surface area contributed by atoms with Gasteiger partial charge in [0.1, 0.15) is 6.26 Å². The highest BCUT2D eigenvalue weighted by molar-refractivity contribution is 7.13. The van der Waals surface area contributed by atoms with Crippen LogP contribution in [0.15, 0.2) is 58.5 Å². The molecule has 0 radical (unpaired) electrons. The molecule has 1 N–H and O–H groups in total. The van der Waals surface area contributed by atoms with E-state index in [1.165, 1.54) is 5.56 Å². The number of aromatic nitrogens is 1. The SMILES string of the molecule is OCCN(Cc1ccccc1)Cc1coc(-c2cccs2)n1. The van der Waals surface area contributed by atoms with Crippen LogP contribution < -0.4 is 0 Å². The summed E-state index contributed by atoms with van der Waals surface area (Å²) in [6.45, 7) is 2.17. The van der Waals surface area contributed by atoms with Crippen LogP contribution in [0.3, 0.4) is 0 Å². The molecule has 4 nitrogen and oxygen atoms in total. The van der Waals surface area contributed by atoms with Crippen LogP contribution in [0.1, 0.15) is 11.3 Å². The lowest BCUT2D eigenvalue weighted by atomic mass is 10.2. The second-order valence-electron chi connectivity index (χ2n) is 5.04. The third-order valence-electron chi connectivity index (χ3n) is 3.33. The Morgan fingerprint density at radius 1 is 1.09 bits per heavy atom. The minimum absolute atomic E-state index is 0.127. The number of thiophene rings is 1. The summed E-state index contributed by atoms with van der Waals surface area (Å²) < 4.78 is 5.55. The van der Waals surface area contributed by atoms with Crippen LogP contribution >= 0.6 is 11.3 Å². The number of oxazole rings is 1. The number of benzene rings is 1. The maximum absolute atomic E-state index is 9.26. The molecule has 0 amide bonds. The second kappa shape index (κ2) is 7.35. The lowest BCUT2D eigenvalue weighted by molar-refractivity contribution is 0.183. The van der Waals surface area contributed by atoms with Crippen molar-refractivity contribution in [3.8, 4) is 10.8 Å². The van der Waals surface area contributed by atoms with Crippen molar-refractivity contribution in [3.63, 3.8) is 0 Å². The van der Waals surface area contributed by atoms with Crippen LogP contribution in [0.2, 0.25) is 0 Å². The Bertz CT molecular complexity index is 680. The fourth-order valence-electron chi connectivity index (χ4n) is 2.32. The van der Waals surface area contributed by atoms with Gasteiger partial charge in [-0.25, -0.2) is 4.98 Å². The monoisotopic (exact) mass is 314 g/mol. The number of rotatable bonds is 7. The molecule has 0 aliphatic carbocycles. The van der Waals surface area contributed by atoms with E-state index in [0.717, 1.165) is 17.1 Å². The molecule has 2 aromatic heterocycles. The quantitative estimate of drug-likeness (QED) is 0.726. The highest BCUT2D eigenvalue weighted by Gasteiger charge is 2.12. The Hall–Kier alpha value is -1.95. The van der Waals surface area contributed by atoms with Gasteiger partial charge in [-0.2, -0.15) is 0 Å². The smallest absolute Gasteiger partial charge is 0.236 e. The Morgan fingerprint density at radius 2 is 1.95 bits per heavy atom. The zero-order valence-electron chi connectivity index (χ0n) is 12.2. The van der Waals surface area contributed by atoms with Gasteiger partial charge < -0.3 is 9.52 Å². The molecule has 1 aromatic carbocycles. The van der Waals surface area contributed by atoms with Gasteiger partial charge in [0.05, 0.1) is 17.2 Å². The normalized spacial score (nSPS) is 11.2. The summed E-state index contributed by atoms with van der Waals surface area (Å²) in [6, 6.07) is 14.2. The first-order valence-corrected chi connectivity index (χ1v) is 8.08. The number of nitrogens with zero attached hydrogens (tertiary/aromatic N) is 2. The lowest BCUT2D eigenvalue weighted by Crippen LogP contribution is -2.26. The first-order chi connectivity index (χ1) is 10.8. The Balaban J connectivity index is 1.68. The van der Waals surface area contributed by atoms with Crippen molar-refractivity contribution in [2.75, 3.05) is 13.2 Å². The third-order valence-corrected chi connectivity index (χ3v) is 4.19. The van der Waals surface area contributed by atoms with Crippen LogP contribution in [0.4, 0.5) is 0 Å². The molecule has 0 saturated carbocycles. The number of aliphatic hydroxyl groups excluding tert-OH is 1. The molecule has 3 aromatic rings. The molecular weight excluding hydrogens is 296 g/mol. The first kappa shape index (κ1) is 15.0. The summed E-state index contributed by atoms with van der Waals surface area (Å²) in [6.07, 6.45) is 1.70. The summed E-state index contributed by atoms with van der Waals surface area (Å²) in [5.41, 5.74) is 2.10. The first-order valence-electron chi connectivity index (χ1n) is 7.20. The van der Waals surface area contributed by atoms with Crippen molar-refractivity contribution in [2.24, 2.45) is 0 Å². The molecule has 0 saturated heterocycles. The van der Waals surface area contributed by atoms with Gasteiger partial charge in [-0.3, -0.25) is 4.90 Å². The van der Waals surface area contributed by atoms with Crippen molar-refractivity contribution >= 4 is 11.3 Å². The van der Waals surface area contributed by atoms with Gasteiger partial charge in [-0.15, -0.1) is 11.3 Å². The molecule has 0 aliphatic heterocycles. The van der Waals surface area contributed by atoms with Crippen LogP contribution in [0, 0.1) is 0 Å². The van der Waals surface area contributed by atoms with Crippen molar-refractivity contribution < 1.29 is 9.52 Å². The molecule has 5 heteroatoms. The van der Waals surface area contributed by atoms with E-state index in [2.05, 4.69) is 22.0 Å². The molecule has 0 aliphatic rings. The van der Waals surface area contributed by atoms with Gasteiger partial charge in [-0.05, 0) is 17.0 Å². The van der Waals surface area contributed by atoms with Crippen LogP contribution in [-0.2, 0) is 13.1 Å². The number of hydrogen-bond donors (Lipinski definition) is 1. The average Bonchev–Trinajstić information content (AvgIpc) is 3.19. The van der Waals surface area contributed by atoms with Gasteiger partial charge in [0.2, 0.25) is 5.89 Å². The van der Waals surface area contributed by atoms with E-state index in [1.54, 1.807) is 17.6 Å². The largest absolute Gasteiger partial charge is 0.444 e. The fraction of sp³-hybridized carbons (Fsp3) is 0.235. The highest BCUT2D eigenvalue weighted by Crippen LogP contribution is 2.24. The van der Waals surface area contributed by atoms with E-state index in [0.29, 0.717) is 19.0 Å². The molecule has 0 bridgehead atoms. The summed E-state index contributed by atoms with van der Waals surface area (Å²) >= 11 is 1.61. The zero-order chi connectivity index (χ0) is 15.2. The molecule has 0 fully saturated rings. The van der Waals surface area contributed by atoms with E-state index >= 15 is 0 Å². The van der Waals surface area contributed by atoms with Gasteiger partial charge in [0.15, 0.2) is 0 Å². The molecular formula is C17H18N2O2S. The van der Waals surface area contributed by atoms with Crippen LogP contribution in [0.5, 0.6) is 0 Å². The van der Waals surface area contributed by atoms with Crippen LogP contribution in [0.25, 0.3) is 10.8 Å². The van der Waals surface area contributed by atoms with Crippen molar-refractivity contribution in [3.05, 3.63) is 65.4 Å². The van der Waals surface area contributed by atoms with Crippen molar-refractivity contribution in [1.29, 1.82) is 0 Å². The summed E-state index contributed by atoms with van der Waals surface area (Å²) in [4.78, 5) is 7.73. The molecule has 22 heavy (non-hydrogen) atoms. The van der Waals surface area contributed by atoms with E-state index in [9.17, 15) is 5.11 Å². The second-order valence-corrected chi connectivity index (χ2v) is 5.99. The topological polar surface area (TPSA) is 49.5 Å². The Kier molecular flexibility index (Phi) is 5.00. The van der Waals surface area contributed by atoms with E-state index in [4.69, 9.17) is 4.42 Å². The van der Waals surface area contributed by atoms with Crippen molar-refractivity contribution in [2.45, 2.75) is 13.1 Å². The van der Waals surface area contributed by atoms with E-state index < -0.39 is 0 Å². The summed E-state index contributed by atoms with van der Waals surface area (Å²) in [7, 11) is 0. The van der Waals surface area contributed by atoms with Crippen molar-refractivity contribution in [1.82, 2.24) is 9.88 Å². The van der Waals surface area contributed by atoms with Gasteiger partial charge in [-0.1, -0.05) is 36.4 Å². The summed E-state index contributed by atoms with van der Waals surface area (Å²) in [5, 5.41) is 11.3. The van der Waals surface area contributed by atoms with E-state index in [-0.39, 0.29) is 6.61 Å². The zero-order valence-corrected chi connectivity index (χ0v) is 13.0. The third kappa shape index (κ3) is 3.82. The highest BCUT2D eigenvalue weighted by atomic mass is 32.1. The van der Waals surface area contributed by atoms with E-state index in [1.807, 2.05) is 35.7 Å². The Morgan fingerprint density at radius 3 is 2.68 bits per heavy atom. The standard InChI is InChI=1S/C17H18N2O2S/c20-9-8-19(11-14-5-2-1-3-6-14)12-15-13-21-17(18-15)16-7-4-10-22-16/h1-7,10,13,20H,8-9,11-12H2. The molecule has 0 spiro atoms. The maximum atomic E-state index is 9.26. The molecule has 2 heterocycles. The summed E-state index contributed by atoms with van der Waals surface area (Å²) in [5.74, 6) is 0.661. The van der Waals surface area contributed by atoms with Gasteiger partial charge in [0.25, 0.3) is 0 Å². The predicted octanol–water partition coefficient (Wildman–Crippen LogP) is 3.40. The fourth-order valence-corrected chi connectivity index (χ4v) is 2.97. The number of aliphatic hydroxyl groups is 1. The predicted molar refractivity (Wildman–Crippen MR) is 87.5 cm³/mol. The lowest BCUT2D eigenvalue weighted by Gasteiger charge is -2.20.